The quantitative estimate of drug-likeness (QED) is 0.685. The lowest BCUT2D eigenvalue weighted by atomic mass is 9.74. The minimum absolute atomic E-state index is 0.0868. The number of fused-ring (bicyclic) bond motifs is 1. The minimum atomic E-state index is -0.268. The van der Waals surface area contributed by atoms with Crippen LogP contribution in [0.15, 0.2) is 54.6 Å². The molecule has 2 aromatic carbocycles. The molecule has 1 saturated heterocycles. The van der Waals surface area contributed by atoms with Crippen molar-refractivity contribution in [1.29, 1.82) is 0 Å². The van der Waals surface area contributed by atoms with Crippen LogP contribution in [0.4, 0.5) is 10.2 Å². The van der Waals surface area contributed by atoms with Crippen LogP contribution >= 0.6 is 0 Å². The SMILES string of the molecule is Fc1ccc(-c2ccc(NCC3(c4ccc5c(c4)OCO5)CCOCC3)nn2)cc1. The van der Waals surface area contributed by atoms with Gasteiger partial charge in [0.2, 0.25) is 6.79 Å². The number of nitrogens with zero attached hydrogens (tertiary/aromatic N) is 2. The molecule has 1 N–H and O–H groups in total. The highest BCUT2D eigenvalue weighted by molar-refractivity contribution is 5.59. The number of hydrogen-bond acceptors (Lipinski definition) is 6. The van der Waals surface area contributed by atoms with E-state index < -0.39 is 0 Å². The lowest BCUT2D eigenvalue weighted by Gasteiger charge is -2.38. The second-order valence-corrected chi connectivity index (χ2v) is 7.63. The van der Waals surface area contributed by atoms with Crippen molar-refractivity contribution in [3.05, 3.63) is 66.0 Å². The van der Waals surface area contributed by atoms with Gasteiger partial charge >= 0.3 is 0 Å². The number of benzene rings is 2. The number of nitrogens with one attached hydrogen (secondary N) is 1. The lowest BCUT2D eigenvalue weighted by molar-refractivity contribution is 0.0543. The Morgan fingerprint density at radius 2 is 1.70 bits per heavy atom. The Morgan fingerprint density at radius 1 is 0.900 bits per heavy atom. The monoisotopic (exact) mass is 407 g/mol. The highest BCUT2D eigenvalue weighted by atomic mass is 19.1. The summed E-state index contributed by atoms with van der Waals surface area (Å²) < 4.78 is 29.8. The minimum Gasteiger partial charge on any atom is -0.454 e. The zero-order chi connectivity index (χ0) is 20.4. The molecular formula is C23H22FN3O3. The van der Waals surface area contributed by atoms with E-state index in [-0.39, 0.29) is 18.0 Å². The summed E-state index contributed by atoms with van der Waals surface area (Å²) in [5, 5.41) is 12.1. The zero-order valence-corrected chi connectivity index (χ0v) is 16.4. The van der Waals surface area contributed by atoms with Crippen LogP contribution in [0.2, 0.25) is 0 Å². The molecule has 3 heterocycles. The summed E-state index contributed by atoms with van der Waals surface area (Å²) in [5.41, 5.74) is 2.66. The first-order valence-electron chi connectivity index (χ1n) is 10.0. The molecule has 0 bridgehead atoms. The molecule has 3 aromatic rings. The fraction of sp³-hybridized carbons (Fsp3) is 0.304. The predicted molar refractivity (Wildman–Crippen MR) is 110 cm³/mol. The molecule has 7 heteroatoms. The number of rotatable bonds is 5. The van der Waals surface area contributed by atoms with Gasteiger partial charge < -0.3 is 19.5 Å². The third-order valence-corrected chi connectivity index (χ3v) is 5.85. The van der Waals surface area contributed by atoms with Gasteiger partial charge in [-0.2, -0.15) is 0 Å². The fourth-order valence-electron chi connectivity index (χ4n) is 4.02. The highest BCUT2D eigenvalue weighted by Gasteiger charge is 2.35. The Kier molecular flexibility index (Phi) is 4.96. The molecule has 0 spiro atoms. The first kappa shape index (κ1) is 18.8. The molecule has 2 aliphatic rings. The summed E-state index contributed by atoms with van der Waals surface area (Å²) in [4.78, 5) is 0. The molecule has 0 saturated carbocycles. The van der Waals surface area contributed by atoms with E-state index in [2.05, 4.69) is 27.6 Å². The summed E-state index contributed by atoms with van der Waals surface area (Å²) in [6, 6.07) is 16.2. The normalized spacial score (nSPS) is 17.0. The Hall–Kier alpha value is -3.19. The molecule has 0 radical (unpaired) electrons. The third kappa shape index (κ3) is 3.68. The van der Waals surface area contributed by atoms with E-state index >= 15 is 0 Å². The highest BCUT2D eigenvalue weighted by Crippen LogP contribution is 2.41. The van der Waals surface area contributed by atoms with Crippen LogP contribution in [-0.2, 0) is 10.2 Å². The van der Waals surface area contributed by atoms with Gasteiger partial charge in [-0.3, -0.25) is 0 Å². The van der Waals surface area contributed by atoms with Gasteiger partial charge in [0.1, 0.15) is 11.6 Å². The summed E-state index contributed by atoms with van der Waals surface area (Å²) >= 11 is 0. The molecule has 5 rings (SSSR count). The number of halogens is 1. The maximum absolute atomic E-state index is 13.1. The first-order chi connectivity index (χ1) is 14.7. The van der Waals surface area contributed by atoms with Gasteiger partial charge in [-0.05, 0) is 66.9 Å². The summed E-state index contributed by atoms with van der Waals surface area (Å²) in [7, 11) is 0. The maximum Gasteiger partial charge on any atom is 0.231 e. The van der Waals surface area contributed by atoms with E-state index in [1.165, 1.54) is 17.7 Å². The average molecular weight is 407 g/mol. The van der Waals surface area contributed by atoms with E-state index in [0.717, 1.165) is 29.9 Å². The van der Waals surface area contributed by atoms with Crippen molar-refractivity contribution in [2.45, 2.75) is 18.3 Å². The van der Waals surface area contributed by atoms with Gasteiger partial charge in [0.15, 0.2) is 11.5 Å². The van der Waals surface area contributed by atoms with Crippen molar-refractivity contribution in [3.8, 4) is 22.8 Å². The standard InChI is InChI=1S/C23H22FN3O3/c24-18-4-1-16(2-5-18)19-6-8-22(27-26-19)25-14-23(9-11-28-12-10-23)17-3-7-20-21(13-17)30-15-29-20/h1-8,13H,9-12,14-15H2,(H,25,27). The van der Waals surface area contributed by atoms with Crippen molar-refractivity contribution in [3.63, 3.8) is 0 Å². The predicted octanol–water partition coefficient (Wildman–Crippen LogP) is 4.17. The van der Waals surface area contributed by atoms with Crippen LogP contribution in [0.25, 0.3) is 11.3 Å². The van der Waals surface area contributed by atoms with E-state index in [9.17, 15) is 4.39 Å². The first-order valence-corrected chi connectivity index (χ1v) is 10.0. The van der Waals surface area contributed by atoms with Gasteiger partial charge in [-0.15, -0.1) is 10.2 Å². The molecule has 0 atom stereocenters. The van der Waals surface area contributed by atoms with Crippen LogP contribution in [0.3, 0.4) is 0 Å². The number of ether oxygens (including phenoxy) is 3. The molecule has 0 amide bonds. The zero-order valence-electron chi connectivity index (χ0n) is 16.4. The average Bonchev–Trinajstić information content (AvgIpc) is 3.27. The van der Waals surface area contributed by atoms with E-state index in [0.29, 0.717) is 31.3 Å². The Labute approximate surface area is 174 Å². The van der Waals surface area contributed by atoms with Gasteiger partial charge in [-0.1, -0.05) is 6.07 Å². The van der Waals surface area contributed by atoms with Crippen LogP contribution in [0.5, 0.6) is 11.5 Å². The van der Waals surface area contributed by atoms with Gasteiger partial charge in [0.05, 0.1) is 5.69 Å². The Balaban J connectivity index is 1.34. The maximum atomic E-state index is 13.1. The van der Waals surface area contributed by atoms with Crippen LogP contribution in [-0.4, -0.2) is 36.7 Å². The Bertz CT molecular complexity index is 1020. The van der Waals surface area contributed by atoms with Crippen LogP contribution < -0.4 is 14.8 Å². The second kappa shape index (κ2) is 7.91. The van der Waals surface area contributed by atoms with Gasteiger partial charge in [-0.25, -0.2) is 4.39 Å². The molecule has 1 fully saturated rings. The van der Waals surface area contributed by atoms with Crippen LogP contribution in [0.1, 0.15) is 18.4 Å². The molecule has 2 aliphatic heterocycles. The molecule has 6 nitrogen and oxygen atoms in total. The summed E-state index contributed by atoms with van der Waals surface area (Å²) in [6.45, 7) is 2.40. The molecular weight excluding hydrogens is 385 g/mol. The number of hydrogen-bond donors (Lipinski definition) is 1. The smallest absolute Gasteiger partial charge is 0.231 e. The van der Waals surface area contributed by atoms with E-state index in [1.807, 2.05) is 18.2 Å². The number of aromatic nitrogens is 2. The van der Waals surface area contributed by atoms with Crippen molar-refractivity contribution in [1.82, 2.24) is 10.2 Å². The van der Waals surface area contributed by atoms with Crippen LogP contribution in [0, 0.1) is 5.82 Å². The molecule has 1 aromatic heterocycles. The molecule has 30 heavy (non-hydrogen) atoms. The van der Waals surface area contributed by atoms with Gasteiger partial charge in [0.25, 0.3) is 0 Å². The van der Waals surface area contributed by atoms with E-state index in [4.69, 9.17) is 14.2 Å². The number of anilines is 1. The summed E-state index contributed by atoms with van der Waals surface area (Å²) in [6.07, 6.45) is 1.81. The largest absolute Gasteiger partial charge is 0.454 e. The van der Waals surface area contributed by atoms with Crippen molar-refractivity contribution in [2.75, 3.05) is 31.9 Å². The van der Waals surface area contributed by atoms with Crippen molar-refractivity contribution in [2.24, 2.45) is 0 Å². The van der Waals surface area contributed by atoms with Crippen molar-refractivity contribution < 1.29 is 18.6 Å². The molecule has 0 unspecified atom stereocenters. The Morgan fingerprint density at radius 3 is 2.47 bits per heavy atom. The third-order valence-electron chi connectivity index (χ3n) is 5.85. The van der Waals surface area contributed by atoms with E-state index in [1.54, 1.807) is 12.1 Å². The molecule has 154 valence electrons. The summed E-state index contributed by atoms with van der Waals surface area (Å²) in [5.74, 6) is 2.01. The molecule has 0 aliphatic carbocycles. The van der Waals surface area contributed by atoms with Crippen molar-refractivity contribution >= 4 is 5.82 Å². The van der Waals surface area contributed by atoms with Gasteiger partial charge in [0, 0.05) is 30.7 Å². The second-order valence-electron chi connectivity index (χ2n) is 7.63. The lowest BCUT2D eigenvalue weighted by Crippen LogP contribution is -2.40. The fourth-order valence-corrected chi connectivity index (χ4v) is 4.02. The topological polar surface area (TPSA) is 65.5 Å².